The third kappa shape index (κ3) is 6.22. The van der Waals surface area contributed by atoms with Crippen LogP contribution in [-0.2, 0) is 17.9 Å². The van der Waals surface area contributed by atoms with E-state index in [0.717, 1.165) is 11.1 Å². The van der Waals surface area contributed by atoms with Crippen molar-refractivity contribution in [1.29, 1.82) is 0 Å². The van der Waals surface area contributed by atoms with Crippen molar-refractivity contribution in [2.24, 2.45) is 0 Å². The fraction of sp³-hybridized carbons (Fsp3) is 0.208. The molecule has 3 aromatic carbocycles. The maximum Gasteiger partial charge on any atom is 0.261 e. The zero-order chi connectivity index (χ0) is 21.3. The molecule has 1 atom stereocenters. The predicted octanol–water partition coefficient (Wildman–Crippen LogP) is 5.53. The van der Waals surface area contributed by atoms with Gasteiger partial charge in [0.25, 0.3) is 5.91 Å². The van der Waals surface area contributed by atoms with E-state index in [4.69, 9.17) is 21.1 Å². The predicted molar refractivity (Wildman–Crippen MR) is 115 cm³/mol. The standard InChI is InChI=1S/C24H23ClFNO3/c1-2-22(30-23-6-4-3-5-21(23)25)24(28)27-15-17-9-13-20(14-10-17)29-16-18-7-11-19(26)12-8-18/h3-14,22H,2,15-16H2,1H3,(H,27,28)/t22-/m1/s1. The van der Waals surface area contributed by atoms with Crippen LogP contribution in [-0.4, -0.2) is 12.0 Å². The summed E-state index contributed by atoms with van der Waals surface area (Å²) < 4.78 is 24.4. The van der Waals surface area contributed by atoms with Crippen LogP contribution in [0.5, 0.6) is 11.5 Å². The molecule has 0 radical (unpaired) electrons. The molecular weight excluding hydrogens is 405 g/mol. The van der Waals surface area contributed by atoms with E-state index in [-0.39, 0.29) is 11.7 Å². The quantitative estimate of drug-likeness (QED) is 0.488. The minimum absolute atomic E-state index is 0.200. The molecule has 0 aliphatic rings. The lowest BCUT2D eigenvalue weighted by molar-refractivity contribution is -0.128. The maximum atomic E-state index is 12.9. The van der Waals surface area contributed by atoms with Gasteiger partial charge in [0, 0.05) is 6.54 Å². The maximum absolute atomic E-state index is 12.9. The molecule has 1 amide bonds. The van der Waals surface area contributed by atoms with Gasteiger partial charge in [-0.05, 0) is 53.9 Å². The van der Waals surface area contributed by atoms with Crippen LogP contribution >= 0.6 is 11.6 Å². The smallest absolute Gasteiger partial charge is 0.261 e. The zero-order valence-corrected chi connectivity index (χ0v) is 17.4. The number of benzene rings is 3. The van der Waals surface area contributed by atoms with E-state index in [9.17, 15) is 9.18 Å². The molecule has 0 aliphatic heterocycles. The molecule has 0 heterocycles. The Labute approximate surface area is 180 Å². The number of ether oxygens (including phenoxy) is 2. The molecule has 0 bridgehead atoms. The van der Waals surface area contributed by atoms with Gasteiger partial charge in [-0.2, -0.15) is 0 Å². The van der Waals surface area contributed by atoms with Crippen molar-refractivity contribution in [3.8, 4) is 11.5 Å². The second kappa shape index (κ2) is 10.6. The van der Waals surface area contributed by atoms with Crippen molar-refractivity contribution in [3.63, 3.8) is 0 Å². The van der Waals surface area contributed by atoms with E-state index in [1.807, 2.05) is 43.3 Å². The van der Waals surface area contributed by atoms with Crippen LogP contribution in [0.3, 0.4) is 0 Å². The fourth-order valence-electron chi connectivity index (χ4n) is 2.77. The first-order chi connectivity index (χ1) is 14.5. The van der Waals surface area contributed by atoms with Crippen molar-refractivity contribution in [2.45, 2.75) is 32.6 Å². The van der Waals surface area contributed by atoms with Crippen LogP contribution in [0.15, 0.2) is 72.8 Å². The highest BCUT2D eigenvalue weighted by Crippen LogP contribution is 2.25. The van der Waals surface area contributed by atoms with Crippen LogP contribution in [0.4, 0.5) is 4.39 Å². The van der Waals surface area contributed by atoms with Gasteiger partial charge in [-0.3, -0.25) is 4.79 Å². The van der Waals surface area contributed by atoms with Crippen LogP contribution in [0, 0.1) is 5.82 Å². The molecule has 3 rings (SSSR count). The Morgan fingerprint density at radius 1 is 1.00 bits per heavy atom. The lowest BCUT2D eigenvalue weighted by atomic mass is 10.2. The van der Waals surface area contributed by atoms with Crippen molar-refractivity contribution >= 4 is 17.5 Å². The molecule has 0 saturated heterocycles. The fourth-order valence-corrected chi connectivity index (χ4v) is 2.95. The molecular formula is C24H23ClFNO3. The van der Waals surface area contributed by atoms with Crippen LogP contribution in [0.1, 0.15) is 24.5 Å². The number of carbonyl (C=O) groups is 1. The van der Waals surface area contributed by atoms with Gasteiger partial charge in [-0.25, -0.2) is 4.39 Å². The summed E-state index contributed by atoms with van der Waals surface area (Å²) in [5, 5.41) is 3.36. The van der Waals surface area contributed by atoms with E-state index in [1.165, 1.54) is 12.1 Å². The largest absolute Gasteiger partial charge is 0.489 e. The van der Waals surface area contributed by atoms with Gasteiger partial charge in [0.05, 0.1) is 5.02 Å². The van der Waals surface area contributed by atoms with E-state index in [0.29, 0.717) is 36.1 Å². The molecule has 0 aromatic heterocycles. The third-order valence-electron chi connectivity index (χ3n) is 4.48. The number of carbonyl (C=O) groups excluding carboxylic acids is 1. The number of para-hydroxylation sites is 1. The van der Waals surface area contributed by atoms with Crippen molar-refractivity contribution in [2.75, 3.05) is 0 Å². The van der Waals surface area contributed by atoms with Gasteiger partial charge in [-0.15, -0.1) is 0 Å². The number of nitrogens with one attached hydrogen (secondary N) is 1. The summed E-state index contributed by atoms with van der Waals surface area (Å²) in [5.74, 6) is 0.716. The molecule has 4 nitrogen and oxygen atoms in total. The molecule has 156 valence electrons. The van der Waals surface area contributed by atoms with Crippen LogP contribution in [0.2, 0.25) is 5.02 Å². The Morgan fingerprint density at radius 2 is 1.67 bits per heavy atom. The average molecular weight is 428 g/mol. The molecule has 0 fully saturated rings. The highest BCUT2D eigenvalue weighted by atomic mass is 35.5. The van der Waals surface area contributed by atoms with E-state index in [1.54, 1.807) is 24.3 Å². The first-order valence-electron chi connectivity index (χ1n) is 9.70. The number of hydrogen-bond acceptors (Lipinski definition) is 3. The molecule has 0 aliphatic carbocycles. The lowest BCUT2D eigenvalue weighted by Gasteiger charge is -2.18. The highest BCUT2D eigenvalue weighted by Gasteiger charge is 2.19. The molecule has 0 spiro atoms. The SMILES string of the molecule is CC[C@@H](Oc1ccccc1Cl)C(=O)NCc1ccc(OCc2ccc(F)cc2)cc1. The van der Waals surface area contributed by atoms with Crippen molar-refractivity contribution in [3.05, 3.63) is 94.8 Å². The van der Waals surface area contributed by atoms with Gasteiger partial charge in [0.15, 0.2) is 6.10 Å². The number of rotatable bonds is 9. The first-order valence-corrected chi connectivity index (χ1v) is 10.1. The van der Waals surface area contributed by atoms with Gasteiger partial charge in [0.2, 0.25) is 0 Å². The molecule has 1 N–H and O–H groups in total. The molecule has 6 heteroatoms. The summed E-state index contributed by atoms with van der Waals surface area (Å²) in [5.41, 5.74) is 1.82. The monoisotopic (exact) mass is 427 g/mol. The van der Waals surface area contributed by atoms with Gasteiger partial charge in [0.1, 0.15) is 23.9 Å². The van der Waals surface area contributed by atoms with E-state index < -0.39 is 6.10 Å². The number of halogens is 2. The van der Waals surface area contributed by atoms with Crippen molar-refractivity contribution < 1.29 is 18.7 Å². The average Bonchev–Trinajstić information content (AvgIpc) is 2.77. The highest BCUT2D eigenvalue weighted by molar-refractivity contribution is 6.32. The van der Waals surface area contributed by atoms with Gasteiger partial charge in [-0.1, -0.05) is 54.9 Å². The summed E-state index contributed by atoms with van der Waals surface area (Å²) in [6.07, 6.45) is -0.101. The molecule has 3 aromatic rings. The topological polar surface area (TPSA) is 47.6 Å². The van der Waals surface area contributed by atoms with Gasteiger partial charge < -0.3 is 14.8 Å². The molecule has 30 heavy (non-hydrogen) atoms. The zero-order valence-electron chi connectivity index (χ0n) is 16.6. The Kier molecular flexibility index (Phi) is 7.69. The van der Waals surface area contributed by atoms with E-state index in [2.05, 4.69) is 5.32 Å². The van der Waals surface area contributed by atoms with Crippen LogP contribution in [0.25, 0.3) is 0 Å². The summed E-state index contributed by atoms with van der Waals surface area (Å²) in [6.45, 7) is 2.61. The molecule has 0 saturated carbocycles. The summed E-state index contributed by atoms with van der Waals surface area (Å²) >= 11 is 6.10. The number of hydrogen-bond donors (Lipinski definition) is 1. The first kappa shape index (κ1) is 21.7. The Balaban J connectivity index is 1.49. The van der Waals surface area contributed by atoms with Crippen LogP contribution < -0.4 is 14.8 Å². The minimum Gasteiger partial charge on any atom is -0.489 e. The third-order valence-corrected chi connectivity index (χ3v) is 4.79. The van der Waals surface area contributed by atoms with Crippen molar-refractivity contribution in [1.82, 2.24) is 5.32 Å². The normalized spacial score (nSPS) is 11.6. The molecule has 0 unspecified atom stereocenters. The Hall–Kier alpha value is -3.05. The summed E-state index contributed by atoms with van der Waals surface area (Å²) in [6, 6.07) is 20.7. The van der Waals surface area contributed by atoms with Gasteiger partial charge >= 0.3 is 0 Å². The minimum atomic E-state index is -0.622. The lowest BCUT2D eigenvalue weighted by Crippen LogP contribution is -2.37. The second-order valence-corrected chi connectivity index (χ2v) is 7.13. The summed E-state index contributed by atoms with van der Waals surface area (Å²) in [7, 11) is 0. The summed E-state index contributed by atoms with van der Waals surface area (Å²) in [4.78, 5) is 12.5. The Morgan fingerprint density at radius 3 is 2.33 bits per heavy atom. The number of amides is 1. The Bertz CT molecular complexity index is 961. The van der Waals surface area contributed by atoms with E-state index >= 15 is 0 Å². The second-order valence-electron chi connectivity index (χ2n) is 6.72.